The van der Waals surface area contributed by atoms with Crippen LogP contribution in [0.25, 0.3) is 11.0 Å². The lowest BCUT2D eigenvalue weighted by Gasteiger charge is -2.14. The van der Waals surface area contributed by atoms with Crippen molar-refractivity contribution in [3.05, 3.63) is 29.8 Å². The Morgan fingerprint density at radius 3 is 2.76 bits per heavy atom. The van der Waals surface area contributed by atoms with E-state index in [1.165, 1.54) is 6.07 Å². The van der Waals surface area contributed by atoms with Crippen molar-refractivity contribution in [2.75, 3.05) is 6.54 Å². The number of nitrogens with two attached hydrogens (primary N) is 1. The number of para-hydroxylation sites is 1. The van der Waals surface area contributed by atoms with E-state index in [0.717, 1.165) is 17.8 Å². The first-order chi connectivity index (χ1) is 8.11. The predicted molar refractivity (Wildman–Crippen MR) is 67.3 cm³/mol. The average molecular weight is 235 g/mol. The molecule has 3 N–H and O–H groups in total. The monoisotopic (exact) mass is 235 g/mol. The first-order valence-electron chi connectivity index (χ1n) is 5.96. The van der Waals surface area contributed by atoms with E-state index in [0.29, 0.717) is 18.0 Å². The van der Waals surface area contributed by atoms with Crippen molar-refractivity contribution >= 4 is 11.0 Å². The summed E-state index contributed by atoms with van der Waals surface area (Å²) >= 11 is 0. The van der Waals surface area contributed by atoms with Gasteiger partial charge in [-0.15, -0.1) is 0 Å². The molecule has 92 valence electrons. The van der Waals surface area contributed by atoms with Crippen LogP contribution in [0.5, 0.6) is 0 Å². The Morgan fingerprint density at radius 2 is 2.18 bits per heavy atom. The maximum atomic E-state index is 13.5. The summed E-state index contributed by atoms with van der Waals surface area (Å²) in [5.41, 5.74) is 6.90. The fourth-order valence-electron chi connectivity index (χ4n) is 2.10. The molecule has 0 amide bonds. The van der Waals surface area contributed by atoms with Crippen molar-refractivity contribution in [3.8, 4) is 0 Å². The summed E-state index contributed by atoms with van der Waals surface area (Å²) in [7, 11) is 0. The van der Waals surface area contributed by atoms with Crippen LogP contribution in [-0.4, -0.2) is 16.5 Å². The third-order valence-electron chi connectivity index (χ3n) is 2.91. The molecule has 2 rings (SSSR count). The van der Waals surface area contributed by atoms with Crippen LogP contribution in [0.15, 0.2) is 18.2 Å². The van der Waals surface area contributed by atoms with Crippen LogP contribution in [0.3, 0.4) is 0 Å². The van der Waals surface area contributed by atoms with Gasteiger partial charge in [-0.2, -0.15) is 0 Å². The summed E-state index contributed by atoms with van der Waals surface area (Å²) in [4.78, 5) is 7.49. The Morgan fingerprint density at radius 1 is 1.41 bits per heavy atom. The van der Waals surface area contributed by atoms with E-state index in [1.54, 1.807) is 6.07 Å². The van der Waals surface area contributed by atoms with Gasteiger partial charge in [0.1, 0.15) is 11.3 Å². The third kappa shape index (κ3) is 2.47. The molecule has 1 aromatic carbocycles. The Kier molecular flexibility index (Phi) is 3.43. The lowest BCUT2D eigenvalue weighted by Crippen LogP contribution is -2.15. The summed E-state index contributed by atoms with van der Waals surface area (Å²) in [6.07, 6.45) is 0.956. The SMILES string of the molecule is CC(C)CC(CN)c1nc2c(F)cccc2[nH]1. The molecule has 0 saturated heterocycles. The molecule has 0 radical (unpaired) electrons. The second kappa shape index (κ2) is 4.84. The highest BCUT2D eigenvalue weighted by Crippen LogP contribution is 2.24. The highest BCUT2D eigenvalue weighted by molar-refractivity contribution is 5.75. The fraction of sp³-hybridized carbons (Fsp3) is 0.462. The molecule has 0 bridgehead atoms. The Bertz CT molecular complexity index is 504. The van der Waals surface area contributed by atoms with Crippen LogP contribution in [0.2, 0.25) is 0 Å². The van der Waals surface area contributed by atoms with Crippen molar-refractivity contribution in [2.24, 2.45) is 11.7 Å². The molecule has 1 aromatic heterocycles. The number of benzene rings is 1. The molecular weight excluding hydrogens is 217 g/mol. The van der Waals surface area contributed by atoms with Gasteiger partial charge in [0.25, 0.3) is 0 Å². The maximum absolute atomic E-state index is 13.5. The van der Waals surface area contributed by atoms with Crippen molar-refractivity contribution in [3.63, 3.8) is 0 Å². The van der Waals surface area contributed by atoms with E-state index in [9.17, 15) is 4.39 Å². The van der Waals surface area contributed by atoms with Gasteiger partial charge in [0.15, 0.2) is 5.82 Å². The molecule has 1 atom stereocenters. The normalized spacial score (nSPS) is 13.5. The van der Waals surface area contributed by atoms with Crippen LogP contribution in [0.1, 0.15) is 32.0 Å². The number of aromatic nitrogens is 2. The fourth-order valence-corrected chi connectivity index (χ4v) is 2.10. The molecule has 0 saturated carbocycles. The molecule has 2 aromatic rings. The van der Waals surface area contributed by atoms with Gasteiger partial charge in [-0.3, -0.25) is 0 Å². The van der Waals surface area contributed by atoms with E-state index in [-0.39, 0.29) is 11.7 Å². The number of halogens is 1. The van der Waals surface area contributed by atoms with Gasteiger partial charge in [0, 0.05) is 12.5 Å². The minimum atomic E-state index is -0.287. The lowest BCUT2D eigenvalue weighted by atomic mass is 9.97. The van der Waals surface area contributed by atoms with Gasteiger partial charge in [-0.25, -0.2) is 9.37 Å². The topological polar surface area (TPSA) is 54.7 Å². The smallest absolute Gasteiger partial charge is 0.151 e. The zero-order chi connectivity index (χ0) is 12.4. The van der Waals surface area contributed by atoms with Gasteiger partial charge in [0.2, 0.25) is 0 Å². The second-order valence-corrected chi connectivity index (χ2v) is 4.82. The molecular formula is C13H18FN3. The molecule has 1 heterocycles. The van der Waals surface area contributed by atoms with Gasteiger partial charge < -0.3 is 10.7 Å². The number of rotatable bonds is 4. The summed E-state index contributed by atoms with van der Waals surface area (Å²) in [5, 5.41) is 0. The number of H-pyrrole nitrogens is 1. The van der Waals surface area contributed by atoms with Gasteiger partial charge in [-0.1, -0.05) is 19.9 Å². The molecule has 17 heavy (non-hydrogen) atoms. The van der Waals surface area contributed by atoms with Gasteiger partial charge >= 0.3 is 0 Å². The van der Waals surface area contributed by atoms with Crippen LogP contribution < -0.4 is 5.73 Å². The average Bonchev–Trinajstić information content (AvgIpc) is 2.70. The predicted octanol–water partition coefficient (Wildman–Crippen LogP) is 2.79. The van der Waals surface area contributed by atoms with Gasteiger partial charge in [0.05, 0.1) is 5.52 Å². The molecule has 0 fully saturated rings. The summed E-state index contributed by atoms with van der Waals surface area (Å²) < 4.78 is 13.5. The van der Waals surface area contributed by atoms with E-state index in [2.05, 4.69) is 23.8 Å². The molecule has 3 nitrogen and oxygen atoms in total. The minimum Gasteiger partial charge on any atom is -0.342 e. The first kappa shape index (κ1) is 12.0. The van der Waals surface area contributed by atoms with Crippen LogP contribution in [-0.2, 0) is 0 Å². The Hall–Kier alpha value is -1.42. The lowest BCUT2D eigenvalue weighted by molar-refractivity contribution is 0.491. The van der Waals surface area contributed by atoms with Crippen LogP contribution in [0, 0.1) is 11.7 Å². The zero-order valence-corrected chi connectivity index (χ0v) is 10.2. The molecule has 0 spiro atoms. The van der Waals surface area contributed by atoms with Crippen molar-refractivity contribution in [1.82, 2.24) is 9.97 Å². The van der Waals surface area contributed by atoms with E-state index in [1.807, 2.05) is 6.07 Å². The molecule has 1 unspecified atom stereocenters. The zero-order valence-electron chi connectivity index (χ0n) is 10.2. The second-order valence-electron chi connectivity index (χ2n) is 4.82. The standard InChI is InChI=1S/C13H18FN3/c1-8(2)6-9(7-15)13-16-11-5-3-4-10(14)12(11)17-13/h3-5,8-9H,6-7,15H2,1-2H3,(H,16,17). The number of imidazole rings is 1. The highest BCUT2D eigenvalue weighted by Gasteiger charge is 2.16. The first-order valence-corrected chi connectivity index (χ1v) is 5.96. The van der Waals surface area contributed by atoms with Crippen LogP contribution >= 0.6 is 0 Å². The molecule has 0 aliphatic heterocycles. The minimum absolute atomic E-state index is 0.168. The Labute approximate surface area is 100 Å². The van der Waals surface area contributed by atoms with E-state index >= 15 is 0 Å². The number of hydrogen-bond acceptors (Lipinski definition) is 2. The van der Waals surface area contributed by atoms with Gasteiger partial charge in [-0.05, 0) is 24.5 Å². The number of fused-ring (bicyclic) bond motifs is 1. The third-order valence-corrected chi connectivity index (χ3v) is 2.91. The summed E-state index contributed by atoms with van der Waals surface area (Å²) in [5.74, 6) is 1.22. The Balaban J connectivity index is 2.37. The highest BCUT2D eigenvalue weighted by atomic mass is 19.1. The van der Waals surface area contributed by atoms with Crippen LogP contribution in [0.4, 0.5) is 4.39 Å². The van der Waals surface area contributed by atoms with Crippen molar-refractivity contribution in [2.45, 2.75) is 26.2 Å². The largest absolute Gasteiger partial charge is 0.342 e. The summed E-state index contributed by atoms with van der Waals surface area (Å²) in [6.45, 7) is 4.82. The van der Waals surface area contributed by atoms with Crippen molar-refractivity contribution < 1.29 is 4.39 Å². The number of aromatic amines is 1. The molecule has 4 heteroatoms. The number of nitrogens with zero attached hydrogens (tertiary/aromatic N) is 1. The van der Waals surface area contributed by atoms with E-state index in [4.69, 9.17) is 5.73 Å². The number of nitrogens with one attached hydrogen (secondary N) is 1. The van der Waals surface area contributed by atoms with Crippen molar-refractivity contribution in [1.29, 1.82) is 0 Å². The number of hydrogen-bond donors (Lipinski definition) is 2. The summed E-state index contributed by atoms with van der Waals surface area (Å²) in [6, 6.07) is 4.93. The van der Waals surface area contributed by atoms with E-state index < -0.39 is 0 Å². The maximum Gasteiger partial charge on any atom is 0.151 e. The molecule has 0 aliphatic carbocycles. The molecule has 0 aliphatic rings. The quantitative estimate of drug-likeness (QED) is 0.856.